The van der Waals surface area contributed by atoms with Gasteiger partial charge in [0.05, 0.1) is 15.7 Å². The molecule has 0 spiro atoms. The van der Waals surface area contributed by atoms with Crippen LogP contribution in [0.4, 0.5) is 5.69 Å². The number of anilines is 1. The van der Waals surface area contributed by atoms with Gasteiger partial charge < -0.3 is 5.32 Å². The normalized spacial score (nSPS) is 12.2. The molecule has 0 aromatic heterocycles. The number of halogens is 3. The monoisotopic (exact) mass is 341 g/mol. The van der Waals surface area contributed by atoms with Gasteiger partial charge in [-0.15, -0.1) is 0 Å². The van der Waals surface area contributed by atoms with Crippen molar-refractivity contribution in [3.63, 3.8) is 0 Å². The Morgan fingerprint density at radius 1 is 1.00 bits per heavy atom. The predicted octanol–water partition coefficient (Wildman–Crippen LogP) is 6.77. The summed E-state index contributed by atoms with van der Waals surface area (Å²) < 4.78 is 0. The highest BCUT2D eigenvalue weighted by Crippen LogP contribution is 2.35. The third-order valence-corrected chi connectivity index (χ3v) is 4.20. The molecule has 0 aliphatic rings. The van der Waals surface area contributed by atoms with Gasteiger partial charge in [-0.1, -0.05) is 72.4 Å². The van der Waals surface area contributed by atoms with Crippen LogP contribution in [-0.4, -0.2) is 0 Å². The van der Waals surface area contributed by atoms with E-state index in [1.807, 2.05) is 0 Å². The topological polar surface area (TPSA) is 12.0 Å². The van der Waals surface area contributed by atoms with E-state index in [4.69, 9.17) is 34.8 Å². The molecule has 1 atom stereocenters. The zero-order valence-corrected chi connectivity index (χ0v) is 14.4. The number of hydrogen-bond donors (Lipinski definition) is 1. The maximum absolute atomic E-state index is 6.20. The Labute approximate surface area is 141 Å². The first-order valence-electron chi connectivity index (χ1n) is 7.01. The van der Waals surface area contributed by atoms with E-state index in [0.717, 1.165) is 12.8 Å². The molecular weight excluding hydrogens is 325 g/mol. The molecule has 0 saturated carbocycles. The van der Waals surface area contributed by atoms with Gasteiger partial charge in [0.1, 0.15) is 0 Å². The van der Waals surface area contributed by atoms with Crippen molar-refractivity contribution in [2.24, 2.45) is 0 Å². The molecule has 0 saturated heterocycles. The van der Waals surface area contributed by atoms with Crippen LogP contribution < -0.4 is 5.32 Å². The highest BCUT2D eigenvalue weighted by atomic mass is 35.5. The molecule has 0 heterocycles. The molecule has 0 aliphatic heterocycles. The van der Waals surface area contributed by atoms with E-state index < -0.39 is 0 Å². The van der Waals surface area contributed by atoms with Gasteiger partial charge >= 0.3 is 0 Å². The van der Waals surface area contributed by atoms with Crippen LogP contribution in [0.1, 0.15) is 37.4 Å². The molecule has 0 amide bonds. The predicted molar refractivity (Wildman–Crippen MR) is 93.9 cm³/mol. The summed E-state index contributed by atoms with van der Waals surface area (Å²) in [5, 5.41) is 4.94. The van der Waals surface area contributed by atoms with Gasteiger partial charge in [0.2, 0.25) is 0 Å². The van der Waals surface area contributed by atoms with Gasteiger partial charge in [0.25, 0.3) is 0 Å². The average molecular weight is 343 g/mol. The van der Waals surface area contributed by atoms with Crippen molar-refractivity contribution in [2.45, 2.75) is 32.7 Å². The van der Waals surface area contributed by atoms with E-state index in [2.05, 4.69) is 43.4 Å². The molecule has 2 rings (SSSR count). The fraction of sp³-hybridized carbons (Fsp3) is 0.294. The van der Waals surface area contributed by atoms with Crippen LogP contribution in [0.3, 0.4) is 0 Å². The van der Waals surface area contributed by atoms with E-state index in [9.17, 15) is 0 Å². The Kier molecular flexibility index (Phi) is 5.80. The quantitative estimate of drug-likeness (QED) is 0.632. The Hall–Kier alpha value is -0.890. The molecule has 1 nitrogen and oxygen atoms in total. The zero-order valence-electron chi connectivity index (χ0n) is 12.1. The lowest BCUT2D eigenvalue weighted by atomic mass is 10.0. The summed E-state index contributed by atoms with van der Waals surface area (Å²) in [5.41, 5.74) is 3.26. The lowest BCUT2D eigenvalue weighted by Gasteiger charge is -2.18. The summed E-state index contributed by atoms with van der Waals surface area (Å²) in [5.74, 6) is 0. The van der Waals surface area contributed by atoms with E-state index in [-0.39, 0.29) is 6.04 Å². The van der Waals surface area contributed by atoms with Crippen molar-refractivity contribution < 1.29 is 0 Å². The van der Waals surface area contributed by atoms with Gasteiger partial charge in [0, 0.05) is 11.1 Å². The van der Waals surface area contributed by atoms with Crippen LogP contribution in [0.2, 0.25) is 15.1 Å². The Morgan fingerprint density at radius 2 is 1.57 bits per heavy atom. The standard InChI is InChI=1S/C17H18Cl3N/c1-3-4-12-5-7-13(8-6-12)11(2)21-17-15(19)9-14(18)10-16(17)20/h5-11,21H,3-4H2,1-2H3. The molecule has 0 fully saturated rings. The second-order valence-electron chi connectivity index (χ2n) is 5.10. The van der Waals surface area contributed by atoms with Gasteiger partial charge in [-0.25, -0.2) is 0 Å². The van der Waals surface area contributed by atoms with E-state index in [0.29, 0.717) is 20.8 Å². The maximum Gasteiger partial charge on any atom is 0.0724 e. The minimum atomic E-state index is 0.108. The second kappa shape index (κ2) is 7.40. The molecule has 1 unspecified atom stereocenters. The minimum Gasteiger partial charge on any atom is -0.376 e. The van der Waals surface area contributed by atoms with Gasteiger partial charge in [-0.2, -0.15) is 0 Å². The van der Waals surface area contributed by atoms with E-state index >= 15 is 0 Å². The molecule has 112 valence electrons. The fourth-order valence-corrected chi connectivity index (χ4v) is 3.17. The fourth-order valence-electron chi connectivity index (χ4n) is 2.24. The molecule has 2 aromatic rings. The summed E-state index contributed by atoms with van der Waals surface area (Å²) in [6, 6.07) is 12.1. The molecular formula is C17H18Cl3N. The Morgan fingerprint density at radius 3 is 2.10 bits per heavy atom. The number of benzene rings is 2. The summed E-state index contributed by atoms with van der Waals surface area (Å²) in [7, 11) is 0. The largest absolute Gasteiger partial charge is 0.376 e. The number of nitrogens with one attached hydrogen (secondary N) is 1. The molecule has 4 heteroatoms. The second-order valence-corrected chi connectivity index (χ2v) is 6.35. The Balaban J connectivity index is 2.16. The van der Waals surface area contributed by atoms with Crippen molar-refractivity contribution >= 4 is 40.5 Å². The summed E-state index contributed by atoms with van der Waals surface area (Å²) in [6.45, 7) is 4.26. The lowest BCUT2D eigenvalue weighted by molar-refractivity contribution is 0.876. The number of aryl methyl sites for hydroxylation is 1. The van der Waals surface area contributed by atoms with Crippen LogP contribution in [0.25, 0.3) is 0 Å². The third-order valence-electron chi connectivity index (χ3n) is 3.39. The van der Waals surface area contributed by atoms with Crippen molar-refractivity contribution in [2.75, 3.05) is 5.32 Å². The maximum atomic E-state index is 6.20. The first kappa shape index (κ1) is 16.5. The minimum absolute atomic E-state index is 0.108. The number of rotatable bonds is 5. The first-order valence-corrected chi connectivity index (χ1v) is 8.14. The molecule has 21 heavy (non-hydrogen) atoms. The number of hydrogen-bond acceptors (Lipinski definition) is 1. The average Bonchev–Trinajstić information content (AvgIpc) is 2.43. The van der Waals surface area contributed by atoms with Crippen molar-refractivity contribution in [3.8, 4) is 0 Å². The molecule has 1 N–H and O–H groups in total. The molecule has 0 radical (unpaired) electrons. The highest BCUT2D eigenvalue weighted by molar-refractivity contribution is 6.41. The van der Waals surface area contributed by atoms with E-state index in [1.165, 1.54) is 11.1 Å². The van der Waals surface area contributed by atoms with Crippen molar-refractivity contribution in [1.82, 2.24) is 0 Å². The third kappa shape index (κ3) is 4.29. The molecule has 0 aliphatic carbocycles. The van der Waals surface area contributed by atoms with Crippen LogP contribution in [0.15, 0.2) is 36.4 Å². The summed E-state index contributed by atoms with van der Waals surface area (Å²) in [6.07, 6.45) is 2.26. The molecule has 0 bridgehead atoms. The lowest BCUT2D eigenvalue weighted by Crippen LogP contribution is -2.07. The highest BCUT2D eigenvalue weighted by Gasteiger charge is 2.12. The van der Waals surface area contributed by atoms with Gasteiger partial charge in [-0.3, -0.25) is 0 Å². The van der Waals surface area contributed by atoms with Crippen LogP contribution in [0, 0.1) is 0 Å². The smallest absolute Gasteiger partial charge is 0.0724 e. The zero-order chi connectivity index (χ0) is 15.4. The first-order chi connectivity index (χ1) is 10.0. The van der Waals surface area contributed by atoms with Gasteiger partial charge in [0.15, 0.2) is 0 Å². The summed E-state index contributed by atoms with van der Waals surface area (Å²) >= 11 is 18.3. The van der Waals surface area contributed by atoms with E-state index in [1.54, 1.807) is 12.1 Å². The van der Waals surface area contributed by atoms with Gasteiger partial charge in [-0.05, 0) is 36.6 Å². The van der Waals surface area contributed by atoms with Crippen LogP contribution >= 0.6 is 34.8 Å². The Bertz CT molecular complexity index is 585. The van der Waals surface area contributed by atoms with Crippen molar-refractivity contribution in [3.05, 3.63) is 62.6 Å². The van der Waals surface area contributed by atoms with Crippen molar-refractivity contribution in [1.29, 1.82) is 0 Å². The van der Waals surface area contributed by atoms with Crippen LogP contribution in [-0.2, 0) is 6.42 Å². The summed E-state index contributed by atoms with van der Waals surface area (Å²) in [4.78, 5) is 0. The van der Waals surface area contributed by atoms with Crippen LogP contribution in [0.5, 0.6) is 0 Å². The SMILES string of the molecule is CCCc1ccc(C(C)Nc2c(Cl)cc(Cl)cc2Cl)cc1. The molecule has 2 aromatic carbocycles.